The average molecular weight is 444 g/mol. The summed E-state index contributed by atoms with van der Waals surface area (Å²) in [6, 6.07) is 7.96. The number of rotatable bonds is 4. The van der Waals surface area contributed by atoms with Crippen molar-refractivity contribution in [3.8, 4) is 0 Å². The van der Waals surface area contributed by atoms with Gasteiger partial charge in [-0.2, -0.15) is 4.98 Å². The third-order valence-corrected chi connectivity index (χ3v) is 5.96. The first-order valence-corrected chi connectivity index (χ1v) is 10.2. The quantitative estimate of drug-likeness (QED) is 0.484. The zero-order valence-electron chi connectivity index (χ0n) is 16.7. The zero-order chi connectivity index (χ0) is 21.7. The molecule has 0 N–H and O–H groups in total. The van der Waals surface area contributed by atoms with E-state index >= 15 is 0 Å². The summed E-state index contributed by atoms with van der Waals surface area (Å²) in [6.07, 6.45) is 2.42. The topological polar surface area (TPSA) is 78.2 Å². The van der Waals surface area contributed by atoms with E-state index in [2.05, 4.69) is 4.98 Å². The van der Waals surface area contributed by atoms with Gasteiger partial charge in [-0.1, -0.05) is 17.7 Å². The molecule has 3 aromatic heterocycles. The van der Waals surface area contributed by atoms with Crippen LogP contribution in [0.2, 0.25) is 5.02 Å². The number of hydrogen-bond acceptors (Lipinski definition) is 5. The van der Waals surface area contributed by atoms with Gasteiger partial charge in [-0.3, -0.25) is 13.9 Å². The van der Waals surface area contributed by atoms with Crippen LogP contribution in [0.25, 0.3) is 11.2 Å². The third kappa shape index (κ3) is 3.16. The molecule has 0 bridgehead atoms. The maximum atomic E-state index is 14.3. The summed E-state index contributed by atoms with van der Waals surface area (Å²) in [6.45, 7) is 1.58. The Morgan fingerprint density at radius 3 is 2.74 bits per heavy atom. The Morgan fingerprint density at radius 1 is 1.16 bits per heavy atom. The molecule has 1 aromatic carbocycles. The molecule has 160 valence electrons. The minimum atomic E-state index is -0.579. The van der Waals surface area contributed by atoms with Crippen LogP contribution < -0.4 is 16.1 Å². The predicted molar refractivity (Wildman–Crippen MR) is 114 cm³/mol. The van der Waals surface area contributed by atoms with Gasteiger partial charge in [-0.15, -0.1) is 0 Å². The summed E-state index contributed by atoms with van der Waals surface area (Å²) >= 11 is 6.13. The van der Waals surface area contributed by atoms with Gasteiger partial charge in [0.15, 0.2) is 11.2 Å². The van der Waals surface area contributed by atoms with Gasteiger partial charge in [0.25, 0.3) is 5.56 Å². The van der Waals surface area contributed by atoms with Crippen molar-refractivity contribution in [2.24, 2.45) is 7.05 Å². The Kier molecular flexibility index (Phi) is 4.70. The van der Waals surface area contributed by atoms with Crippen LogP contribution in [0.3, 0.4) is 0 Å². The van der Waals surface area contributed by atoms with Gasteiger partial charge in [0.05, 0.1) is 19.4 Å². The second-order valence-corrected chi connectivity index (χ2v) is 7.93. The molecule has 4 heterocycles. The van der Waals surface area contributed by atoms with Crippen molar-refractivity contribution >= 4 is 28.7 Å². The van der Waals surface area contributed by atoms with E-state index in [1.165, 1.54) is 22.8 Å². The van der Waals surface area contributed by atoms with Gasteiger partial charge in [-0.05, 0) is 30.7 Å². The van der Waals surface area contributed by atoms with E-state index in [1.807, 2.05) is 21.6 Å². The molecular formula is C21H19ClFN5O3. The highest BCUT2D eigenvalue weighted by molar-refractivity contribution is 6.31. The van der Waals surface area contributed by atoms with Crippen LogP contribution in [-0.2, 0) is 26.7 Å². The molecule has 1 aliphatic rings. The molecule has 0 aliphatic carbocycles. The van der Waals surface area contributed by atoms with Gasteiger partial charge >= 0.3 is 5.69 Å². The van der Waals surface area contributed by atoms with Crippen molar-refractivity contribution in [1.29, 1.82) is 0 Å². The van der Waals surface area contributed by atoms with E-state index in [0.717, 1.165) is 23.3 Å². The number of halogens is 2. The Hall–Kier alpha value is -3.33. The Labute approximate surface area is 180 Å². The Morgan fingerprint density at radius 2 is 2.00 bits per heavy atom. The SMILES string of the molecule is Cn1c(=O)n(Cc2c(F)cccc2Cl)c(=O)c2c1nc1n2CCCN1Cc1ccco1. The highest BCUT2D eigenvalue weighted by atomic mass is 35.5. The number of furan rings is 1. The van der Waals surface area contributed by atoms with Crippen molar-refractivity contribution in [3.63, 3.8) is 0 Å². The van der Waals surface area contributed by atoms with E-state index in [4.69, 9.17) is 16.0 Å². The molecule has 10 heteroatoms. The third-order valence-electron chi connectivity index (χ3n) is 5.61. The first kappa shape index (κ1) is 19.6. The molecule has 1 aliphatic heterocycles. The molecule has 8 nitrogen and oxygen atoms in total. The smallest absolute Gasteiger partial charge is 0.332 e. The Balaban J connectivity index is 1.67. The number of anilines is 1. The number of nitrogens with zero attached hydrogens (tertiary/aromatic N) is 5. The summed E-state index contributed by atoms with van der Waals surface area (Å²) in [7, 11) is 1.56. The summed E-state index contributed by atoms with van der Waals surface area (Å²) in [5, 5.41) is 0.161. The molecule has 0 saturated heterocycles. The molecule has 4 aromatic rings. The highest BCUT2D eigenvalue weighted by Gasteiger charge is 2.27. The molecule has 0 fully saturated rings. The van der Waals surface area contributed by atoms with Crippen molar-refractivity contribution in [2.45, 2.75) is 26.1 Å². The van der Waals surface area contributed by atoms with Gasteiger partial charge in [0.2, 0.25) is 5.95 Å². The molecule has 0 radical (unpaired) electrons. The summed E-state index contributed by atoms with van der Waals surface area (Å²) in [5.41, 5.74) is -0.387. The first-order chi connectivity index (χ1) is 15.0. The monoisotopic (exact) mass is 443 g/mol. The van der Waals surface area contributed by atoms with E-state index in [-0.39, 0.29) is 17.1 Å². The van der Waals surface area contributed by atoms with Crippen LogP contribution in [-0.4, -0.2) is 25.2 Å². The summed E-state index contributed by atoms with van der Waals surface area (Å²) in [5.74, 6) is 0.814. The lowest BCUT2D eigenvalue weighted by Crippen LogP contribution is -2.40. The molecule has 0 saturated carbocycles. The fraction of sp³-hybridized carbons (Fsp3) is 0.286. The van der Waals surface area contributed by atoms with E-state index < -0.39 is 17.1 Å². The van der Waals surface area contributed by atoms with Crippen LogP contribution in [0.5, 0.6) is 0 Å². The van der Waals surface area contributed by atoms with E-state index in [1.54, 1.807) is 13.3 Å². The molecule has 0 spiro atoms. The first-order valence-electron chi connectivity index (χ1n) is 9.86. The van der Waals surface area contributed by atoms with Gasteiger partial charge in [0.1, 0.15) is 11.6 Å². The summed E-state index contributed by atoms with van der Waals surface area (Å²) < 4.78 is 23.9. The van der Waals surface area contributed by atoms with Crippen molar-refractivity contribution < 1.29 is 8.81 Å². The van der Waals surface area contributed by atoms with Gasteiger partial charge < -0.3 is 13.9 Å². The van der Waals surface area contributed by atoms with Crippen molar-refractivity contribution in [2.75, 3.05) is 11.4 Å². The average Bonchev–Trinajstić information content (AvgIpc) is 3.40. The van der Waals surface area contributed by atoms with E-state index in [9.17, 15) is 14.0 Å². The molecule has 0 amide bonds. The minimum absolute atomic E-state index is 0.0977. The zero-order valence-corrected chi connectivity index (χ0v) is 17.5. The molecule has 0 unspecified atom stereocenters. The normalized spacial score (nSPS) is 13.7. The lowest BCUT2D eigenvalue weighted by atomic mass is 10.2. The molecule has 31 heavy (non-hydrogen) atoms. The van der Waals surface area contributed by atoms with Crippen molar-refractivity contribution in [3.05, 3.63) is 79.6 Å². The molecule has 0 atom stereocenters. The maximum absolute atomic E-state index is 14.3. The lowest BCUT2D eigenvalue weighted by Gasteiger charge is -2.28. The summed E-state index contributed by atoms with van der Waals surface area (Å²) in [4.78, 5) is 33.0. The van der Waals surface area contributed by atoms with Gasteiger partial charge in [-0.25, -0.2) is 9.18 Å². The number of hydrogen-bond donors (Lipinski definition) is 0. The lowest BCUT2D eigenvalue weighted by molar-refractivity contribution is 0.481. The molecule has 5 rings (SSSR count). The predicted octanol–water partition coefficient (Wildman–Crippen LogP) is 2.74. The largest absolute Gasteiger partial charge is 0.467 e. The van der Waals surface area contributed by atoms with E-state index in [0.29, 0.717) is 30.2 Å². The van der Waals surface area contributed by atoms with Gasteiger partial charge in [0, 0.05) is 30.7 Å². The maximum Gasteiger partial charge on any atom is 0.332 e. The van der Waals surface area contributed by atoms with Crippen LogP contribution in [0.15, 0.2) is 50.6 Å². The number of fused-ring (bicyclic) bond motifs is 3. The second kappa shape index (κ2) is 7.42. The standard InChI is InChI=1S/C21H19ClFN5O3/c1-25-18-17(19(29)28(21(25)30)12-14-15(22)6-2-7-16(14)23)27-9-4-8-26(20(27)24-18)11-13-5-3-10-31-13/h2-3,5-7,10H,4,8-9,11-12H2,1H3. The molecular weight excluding hydrogens is 425 g/mol. The fourth-order valence-corrected chi connectivity index (χ4v) is 4.28. The number of benzene rings is 1. The highest BCUT2D eigenvalue weighted by Crippen LogP contribution is 2.26. The number of imidazole rings is 1. The number of aryl methyl sites for hydroxylation is 2. The van der Waals surface area contributed by atoms with Crippen LogP contribution in [0, 0.1) is 5.82 Å². The second-order valence-electron chi connectivity index (χ2n) is 7.52. The van der Waals surface area contributed by atoms with Crippen LogP contribution in [0.1, 0.15) is 17.7 Å². The fourth-order valence-electron chi connectivity index (χ4n) is 4.05. The van der Waals surface area contributed by atoms with Crippen LogP contribution >= 0.6 is 11.6 Å². The van der Waals surface area contributed by atoms with Crippen LogP contribution in [0.4, 0.5) is 10.3 Å². The number of aromatic nitrogens is 4. The Bertz CT molecular complexity index is 1380. The van der Waals surface area contributed by atoms with Crippen molar-refractivity contribution in [1.82, 2.24) is 18.7 Å². The minimum Gasteiger partial charge on any atom is -0.467 e.